The lowest BCUT2D eigenvalue weighted by Crippen LogP contribution is -2.36. The van der Waals surface area contributed by atoms with E-state index in [4.69, 9.17) is 0 Å². The van der Waals surface area contributed by atoms with Crippen molar-refractivity contribution >= 4 is 6.03 Å². The van der Waals surface area contributed by atoms with Crippen LogP contribution in [-0.2, 0) is 13.0 Å². The summed E-state index contributed by atoms with van der Waals surface area (Å²) < 4.78 is 54.8. The van der Waals surface area contributed by atoms with Crippen LogP contribution in [0, 0.1) is 5.82 Å². The van der Waals surface area contributed by atoms with Gasteiger partial charge < -0.3 is 15.4 Å². The third-order valence-electron chi connectivity index (χ3n) is 3.30. The van der Waals surface area contributed by atoms with Gasteiger partial charge in [0, 0.05) is 24.8 Å². The Balaban J connectivity index is 1.79. The van der Waals surface area contributed by atoms with Crippen LogP contribution < -0.4 is 15.4 Å². The number of halogens is 4. The maximum absolute atomic E-state index is 13.5. The van der Waals surface area contributed by atoms with Gasteiger partial charge in [0.15, 0.2) is 6.61 Å². The van der Waals surface area contributed by atoms with Gasteiger partial charge in [-0.1, -0.05) is 24.3 Å². The van der Waals surface area contributed by atoms with E-state index >= 15 is 0 Å². The molecular formula is C17H17F4N3O2. The van der Waals surface area contributed by atoms with Crippen LogP contribution in [-0.4, -0.2) is 30.3 Å². The van der Waals surface area contributed by atoms with E-state index in [9.17, 15) is 22.4 Å². The molecule has 2 N–H and O–H groups in total. The predicted molar refractivity (Wildman–Crippen MR) is 86.1 cm³/mol. The topological polar surface area (TPSA) is 63.2 Å². The molecule has 1 heterocycles. The molecular weight excluding hydrogens is 354 g/mol. The van der Waals surface area contributed by atoms with Crippen molar-refractivity contribution in [3.8, 4) is 5.88 Å². The Labute approximate surface area is 147 Å². The number of amides is 2. The molecule has 9 heteroatoms. The number of hydrogen-bond acceptors (Lipinski definition) is 3. The highest BCUT2D eigenvalue weighted by Gasteiger charge is 2.29. The molecule has 2 rings (SSSR count). The van der Waals surface area contributed by atoms with E-state index in [2.05, 4.69) is 20.4 Å². The number of urea groups is 1. The van der Waals surface area contributed by atoms with E-state index in [1.54, 1.807) is 18.2 Å². The van der Waals surface area contributed by atoms with Gasteiger partial charge in [0.2, 0.25) is 5.88 Å². The molecule has 1 aromatic carbocycles. The van der Waals surface area contributed by atoms with Crippen LogP contribution in [0.25, 0.3) is 0 Å². The van der Waals surface area contributed by atoms with Gasteiger partial charge >= 0.3 is 12.2 Å². The van der Waals surface area contributed by atoms with E-state index < -0.39 is 18.8 Å². The Bertz CT molecular complexity index is 738. The summed E-state index contributed by atoms with van der Waals surface area (Å²) in [7, 11) is 0. The normalized spacial score (nSPS) is 11.1. The van der Waals surface area contributed by atoms with Gasteiger partial charge in [-0.2, -0.15) is 13.2 Å². The van der Waals surface area contributed by atoms with Gasteiger partial charge in [0.05, 0.1) is 0 Å². The number of pyridine rings is 1. The van der Waals surface area contributed by atoms with Gasteiger partial charge in [0.1, 0.15) is 5.82 Å². The van der Waals surface area contributed by atoms with Gasteiger partial charge in [-0.3, -0.25) is 0 Å². The number of nitrogens with zero attached hydrogens (tertiary/aromatic N) is 1. The Morgan fingerprint density at radius 2 is 1.81 bits per heavy atom. The van der Waals surface area contributed by atoms with Crippen molar-refractivity contribution in [2.75, 3.05) is 13.2 Å². The molecule has 0 bridgehead atoms. The molecule has 2 amide bonds. The molecule has 26 heavy (non-hydrogen) atoms. The fourth-order valence-electron chi connectivity index (χ4n) is 2.09. The fraction of sp³-hybridized carbons (Fsp3) is 0.294. The van der Waals surface area contributed by atoms with Crippen molar-refractivity contribution < 1.29 is 27.1 Å². The smallest absolute Gasteiger partial charge is 0.422 e. The van der Waals surface area contributed by atoms with E-state index in [0.29, 0.717) is 17.5 Å². The van der Waals surface area contributed by atoms with Crippen LogP contribution in [0.1, 0.15) is 11.1 Å². The highest BCUT2D eigenvalue weighted by molar-refractivity contribution is 5.73. The first-order valence-corrected chi connectivity index (χ1v) is 7.74. The van der Waals surface area contributed by atoms with E-state index in [-0.39, 0.29) is 24.8 Å². The number of benzene rings is 1. The predicted octanol–water partition coefficient (Wildman–Crippen LogP) is 3.20. The summed E-state index contributed by atoms with van der Waals surface area (Å²) in [5.74, 6) is -0.548. The molecule has 140 valence electrons. The maximum atomic E-state index is 13.5. The third kappa shape index (κ3) is 6.58. The zero-order valence-electron chi connectivity index (χ0n) is 13.6. The molecule has 0 aliphatic heterocycles. The Kier molecular flexibility index (Phi) is 6.76. The number of ether oxygens (including phenoxy) is 1. The maximum Gasteiger partial charge on any atom is 0.422 e. The van der Waals surface area contributed by atoms with Crippen LogP contribution in [0.15, 0.2) is 42.6 Å². The minimum atomic E-state index is -4.48. The van der Waals surface area contributed by atoms with E-state index in [0.717, 1.165) is 0 Å². The summed E-state index contributed by atoms with van der Waals surface area (Å²) in [6.07, 6.45) is -2.87. The first kappa shape index (κ1) is 19.5. The molecule has 0 aliphatic rings. The Hall–Kier alpha value is -2.84. The number of hydrogen-bond donors (Lipinski definition) is 2. The number of aromatic nitrogens is 1. The molecule has 0 atom stereocenters. The molecule has 0 spiro atoms. The average molecular weight is 371 g/mol. The lowest BCUT2D eigenvalue weighted by atomic mass is 10.1. The minimum absolute atomic E-state index is 0.0629. The first-order valence-electron chi connectivity index (χ1n) is 7.74. The lowest BCUT2D eigenvalue weighted by Gasteiger charge is -2.13. The average Bonchev–Trinajstić information content (AvgIpc) is 2.60. The van der Waals surface area contributed by atoms with Crippen molar-refractivity contribution in [2.24, 2.45) is 0 Å². The number of rotatable bonds is 7. The Morgan fingerprint density at radius 1 is 1.08 bits per heavy atom. The van der Waals surface area contributed by atoms with E-state index in [1.807, 2.05) is 0 Å². The van der Waals surface area contributed by atoms with Crippen LogP contribution in [0.2, 0.25) is 0 Å². The zero-order chi connectivity index (χ0) is 19.0. The van der Waals surface area contributed by atoms with E-state index in [1.165, 1.54) is 24.4 Å². The SMILES string of the molecule is O=C(NCCc1ccccc1F)NCc1cccnc1OCC(F)(F)F. The van der Waals surface area contributed by atoms with Gasteiger partial charge in [-0.15, -0.1) is 0 Å². The minimum Gasteiger partial charge on any atom is -0.468 e. The van der Waals surface area contributed by atoms with Crippen LogP contribution in [0.5, 0.6) is 5.88 Å². The molecule has 0 radical (unpaired) electrons. The highest BCUT2D eigenvalue weighted by atomic mass is 19.4. The van der Waals surface area contributed by atoms with Gasteiger partial charge in [-0.25, -0.2) is 14.2 Å². The Morgan fingerprint density at radius 3 is 2.54 bits per heavy atom. The zero-order valence-corrected chi connectivity index (χ0v) is 13.6. The van der Waals surface area contributed by atoms with Crippen molar-refractivity contribution in [1.82, 2.24) is 15.6 Å². The molecule has 0 saturated carbocycles. The molecule has 5 nitrogen and oxygen atoms in total. The summed E-state index contributed by atoms with van der Waals surface area (Å²) in [6.45, 7) is -1.32. The quantitative estimate of drug-likeness (QED) is 0.735. The summed E-state index contributed by atoms with van der Waals surface area (Å²) in [6, 6.07) is 8.71. The molecule has 0 unspecified atom stereocenters. The summed E-state index contributed by atoms with van der Waals surface area (Å²) in [5.41, 5.74) is 0.781. The molecule has 2 aromatic rings. The van der Waals surface area contributed by atoms with Crippen molar-refractivity contribution in [3.63, 3.8) is 0 Å². The molecule has 0 fully saturated rings. The van der Waals surface area contributed by atoms with Crippen molar-refractivity contribution in [1.29, 1.82) is 0 Å². The highest BCUT2D eigenvalue weighted by Crippen LogP contribution is 2.19. The number of alkyl halides is 3. The standard InChI is InChI=1S/C17H17F4N3O2/c18-14-6-2-1-4-12(14)7-9-23-16(25)24-10-13-5-3-8-22-15(13)26-11-17(19,20)21/h1-6,8H,7,9-11H2,(H2,23,24,25). The largest absolute Gasteiger partial charge is 0.468 e. The number of carbonyl (C=O) groups excluding carboxylic acids is 1. The summed E-state index contributed by atoms with van der Waals surface area (Å²) in [5, 5.41) is 5.04. The molecule has 0 saturated heterocycles. The lowest BCUT2D eigenvalue weighted by molar-refractivity contribution is -0.154. The second-order valence-electron chi connectivity index (χ2n) is 5.32. The van der Waals surface area contributed by atoms with Crippen LogP contribution >= 0.6 is 0 Å². The van der Waals surface area contributed by atoms with Gasteiger partial charge in [-0.05, 0) is 24.1 Å². The monoisotopic (exact) mass is 371 g/mol. The summed E-state index contributed by atoms with van der Waals surface area (Å²) in [4.78, 5) is 15.5. The fourth-order valence-corrected chi connectivity index (χ4v) is 2.09. The second-order valence-corrected chi connectivity index (χ2v) is 5.32. The third-order valence-corrected chi connectivity index (χ3v) is 3.30. The number of nitrogens with one attached hydrogen (secondary N) is 2. The van der Waals surface area contributed by atoms with Gasteiger partial charge in [0.25, 0.3) is 0 Å². The number of carbonyl (C=O) groups is 1. The van der Waals surface area contributed by atoms with Crippen molar-refractivity contribution in [3.05, 3.63) is 59.5 Å². The van der Waals surface area contributed by atoms with Crippen LogP contribution in [0.4, 0.5) is 22.4 Å². The van der Waals surface area contributed by atoms with Crippen molar-refractivity contribution in [2.45, 2.75) is 19.1 Å². The second kappa shape index (κ2) is 9.02. The molecule has 0 aliphatic carbocycles. The summed E-state index contributed by atoms with van der Waals surface area (Å²) >= 11 is 0. The molecule has 1 aromatic heterocycles. The van der Waals surface area contributed by atoms with Crippen LogP contribution in [0.3, 0.4) is 0 Å². The first-order chi connectivity index (χ1) is 12.3.